The fourth-order valence-corrected chi connectivity index (χ4v) is 7.78. The molecule has 0 N–H and O–H groups in total. The topological polar surface area (TPSA) is 96.5 Å². The molecule has 3 aromatic rings. The van der Waals surface area contributed by atoms with E-state index in [1.54, 1.807) is 0 Å². The summed E-state index contributed by atoms with van der Waals surface area (Å²) in [6, 6.07) is 16.8. The van der Waals surface area contributed by atoms with Gasteiger partial charge in [-0.15, -0.1) is 11.8 Å². The number of pyridine rings is 1. The third-order valence-corrected chi connectivity index (χ3v) is 10.2. The molecule has 226 valence electrons. The van der Waals surface area contributed by atoms with E-state index in [4.69, 9.17) is 9.72 Å². The molecule has 3 aliphatic rings. The minimum absolute atomic E-state index is 0.0269. The van der Waals surface area contributed by atoms with Crippen LogP contribution in [0.3, 0.4) is 0 Å². The molecule has 44 heavy (non-hydrogen) atoms. The number of benzene rings is 2. The fraction of sp³-hybridized carbons (Fsp3) is 0.412. The molecule has 0 saturated carbocycles. The predicted molar refractivity (Wildman–Crippen MR) is 170 cm³/mol. The second-order valence-electron chi connectivity index (χ2n) is 11.7. The van der Waals surface area contributed by atoms with E-state index in [9.17, 15) is 19.7 Å². The average molecular weight is 611 g/mol. The van der Waals surface area contributed by atoms with Crippen molar-refractivity contribution in [3.63, 3.8) is 0 Å². The number of piperazine rings is 1. The molecule has 3 aliphatic heterocycles. The normalized spacial score (nSPS) is 20.2. The maximum atomic E-state index is 13.9. The maximum absolute atomic E-state index is 13.9. The highest BCUT2D eigenvalue weighted by Gasteiger charge is 2.34. The highest BCUT2D eigenvalue weighted by Crippen LogP contribution is 2.41. The van der Waals surface area contributed by atoms with E-state index in [0.717, 1.165) is 48.9 Å². The Kier molecular flexibility index (Phi) is 8.74. The molecule has 6 rings (SSSR count). The molecule has 0 bridgehead atoms. The Morgan fingerprint density at radius 2 is 2.05 bits per heavy atom. The predicted octanol–water partition coefficient (Wildman–Crippen LogP) is 5.70. The molecule has 2 atom stereocenters. The van der Waals surface area contributed by atoms with E-state index >= 15 is 0 Å². The van der Waals surface area contributed by atoms with E-state index in [0.29, 0.717) is 29.9 Å². The summed E-state index contributed by atoms with van der Waals surface area (Å²) >= 11 is 1.89. The van der Waals surface area contributed by atoms with Gasteiger partial charge in [-0.3, -0.25) is 4.79 Å². The number of nitrogens with zero attached hydrogens (tertiary/aromatic N) is 6. The first-order chi connectivity index (χ1) is 21.4. The number of carbonyl (C=O) groups excluding carboxylic acids is 1. The largest absolute Gasteiger partial charge is 0.475 e. The van der Waals surface area contributed by atoms with Gasteiger partial charge in [-0.2, -0.15) is 10.5 Å². The number of carbonyl (C=O) groups is 1. The summed E-state index contributed by atoms with van der Waals surface area (Å²) in [6.45, 7) is 5.41. The second-order valence-corrected chi connectivity index (χ2v) is 12.8. The molecule has 10 heteroatoms. The van der Waals surface area contributed by atoms with Gasteiger partial charge >= 0.3 is 0 Å². The fourth-order valence-electron chi connectivity index (χ4n) is 6.71. The van der Waals surface area contributed by atoms with Crippen molar-refractivity contribution in [1.29, 1.82) is 10.5 Å². The summed E-state index contributed by atoms with van der Waals surface area (Å²) in [5, 5.41) is 20.8. The molecule has 2 saturated heterocycles. The van der Waals surface area contributed by atoms with Crippen LogP contribution in [-0.4, -0.2) is 78.4 Å². The highest BCUT2D eigenvalue weighted by molar-refractivity contribution is 7.99. The summed E-state index contributed by atoms with van der Waals surface area (Å²) in [4.78, 5) is 24.5. The summed E-state index contributed by atoms with van der Waals surface area (Å²) in [5.41, 5.74) is 5.29. The lowest BCUT2D eigenvalue weighted by Crippen LogP contribution is -2.55. The van der Waals surface area contributed by atoms with Gasteiger partial charge in [0.15, 0.2) is 5.83 Å². The van der Waals surface area contributed by atoms with E-state index in [1.165, 1.54) is 20.9 Å². The van der Waals surface area contributed by atoms with Crippen LogP contribution in [0.2, 0.25) is 0 Å². The zero-order valence-corrected chi connectivity index (χ0v) is 25.7. The van der Waals surface area contributed by atoms with E-state index < -0.39 is 17.8 Å². The number of likely N-dealkylation sites (N-methyl/N-ethyl adjacent to an activating group) is 1. The van der Waals surface area contributed by atoms with Crippen LogP contribution in [0, 0.1) is 22.7 Å². The molecule has 2 aromatic carbocycles. The van der Waals surface area contributed by atoms with Crippen molar-refractivity contribution < 1.29 is 13.9 Å². The van der Waals surface area contributed by atoms with Crippen molar-refractivity contribution in [2.24, 2.45) is 0 Å². The van der Waals surface area contributed by atoms with Crippen LogP contribution >= 0.6 is 11.8 Å². The highest BCUT2D eigenvalue weighted by atomic mass is 32.2. The Labute approximate surface area is 261 Å². The minimum Gasteiger partial charge on any atom is -0.475 e. The van der Waals surface area contributed by atoms with Crippen LogP contribution < -0.4 is 9.64 Å². The Morgan fingerprint density at radius 1 is 1.18 bits per heavy atom. The van der Waals surface area contributed by atoms with Gasteiger partial charge in [0.25, 0.3) is 5.91 Å². The van der Waals surface area contributed by atoms with Gasteiger partial charge in [-0.05, 0) is 73.9 Å². The van der Waals surface area contributed by atoms with E-state index in [2.05, 4.69) is 61.0 Å². The van der Waals surface area contributed by atoms with Crippen LogP contribution in [0.5, 0.6) is 5.88 Å². The quantitative estimate of drug-likeness (QED) is 0.315. The molecular weight excluding hydrogens is 575 g/mol. The van der Waals surface area contributed by atoms with Crippen LogP contribution in [0.15, 0.2) is 53.7 Å². The lowest BCUT2D eigenvalue weighted by molar-refractivity contribution is -0.131. The van der Waals surface area contributed by atoms with Crippen molar-refractivity contribution in [3.8, 4) is 29.1 Å². The first-order valence-corrected chi connectivity index (χ1v) is 16.1. The zero-order valence-electron chi connectivity index (χ0n) is 24.9. The van der Waals surface area contributed by atoms with E-state index in [1.807, 2.05) is 22.7 Å². The van der Waals surface area contributed by atoms with Crippen LogP contribution in [0.1, 0.15) is 36.8 Å². The van der Waals surface area contributed by atoms with Crippen molar-refractivity contribution in [1.82, 2.24) is 14.8 Å². The average Bonchev–Trinajstić information content (AvgIpc) is 3.46. The maximum Gasteiger partial charge on any atom is 0.282 e. The van der Waals surface area contributed by atoms with Gasteiger partial charge < -0.3 is 19.4 Å². The Morgan fingerprint density at radius 3 is 2.80 bits per heavy atom. The Balaban J connectivity index is 1.45. The summed E-state index contributed by atoms with van der Waals surface area (Å²) < 4.78 is 20.2. The smallest absolute Gasteiger partial charge is 0.282 e. The molecule has 2 fully saturated rings. The third kappa shape index (κ3) is 5.72. The van der Waals surface area contributed by atoms with Gasteiger partial charge in [-0.1, -0.05) is 30.8 Å². The van der Waals surface area contributed by atoms with Gasteiger partial charge in [0.05, 0.1) is 29.7 Å². The van der Waals surface area contributed by atoms with Gasteiger partial charge in [-0.25, -0.2) is 9.37 Å². The number of thioether (sulfide) groups is 1. The third-order valence-electron chi connectivity index (χ3n) is 9.01. The summed E-state index contributed by atoms with van der Waals surface area (Å²) in [5.74, 6) is -0.442. The van der Waals surface area contributed by atoms with Crippen LogP contribution in [-0.2, 0) is 11.2 Å². The molecule has 0 aliphatic carbocycles. The number of hydrogen-bond donors (Lipinski definition) is 0. The molecule has 8 nitrogen and oxygen atoms in total. The number of halogens is 1. The Hall–Kier alpha value is -4.12. The number of rotatable bonds is 7. The number of likely N-dealkylation sites (tertiary alicyclic amines) is 1. The lowest BCUT2D eigenvalue weighted by Gasteiger charge is -2.42. The number of aromatic nitrogens is 1. The van der Waals surface area contributed by atoms with Crippen LogP contribution in [0.4, 0.5) is 10.1 Å². The number of anilines is 1. The van der Waals surface area contributed by atoms with Crippen molar-refractivity contribution in [2.45, 2.75) is 49.1 Å². The molecule has 0 spiro atoms. The Bertz CT molecular complexity index is 1700. The number of fused-ring (bicyclic) bond motifs is 2. The first kappa shape index (κ1) is 29.9. The van der Waals surface area contributed by atoms with Gasteiger partial charge in [0, 0.05) is 36.0 Å². The SMILES string of the molecule is C=C(F)C(=O)N1CCN(c2c(C#N)c(OC[C@@H]3CCCN3C)nc3cc(-c4cccc5c4CCCS5)ccc23)C[C@@H]1CC#N. The van der Waals surface area contributed by atoms with Crippen molar-refractivity contribution >= 4 is 34.3 Å². The first-order valence-electron chi connectivity index (χ1n) is 15.1. The van der Waals surface area contributed by atoms with E-state index in [-0.39, 0.29) is 31.4 Å². The minimum atomic E-state index is -1.05. The van der Waals surface area contributed by atoms with Gasteiger partial charge in [0.2, 0.25) is 5.88 Å². The number of amides is 1. The number of nitriles is 2. The summed E-state index contributed by atoms with van der Waals surface area (Å²) in [6.07, 6.45) is 4.31. The van der Waals surface area contributed by atoms with Crippen molar-refractivity contribution in [2.75, 3.05) is 50.5 Å². The lowest BCUT2D eigenvalue weighted by atomic mass is 9.95. The zero-order chi connectivity index (χ0) is 30.8. The molecule has 0 unspecified atom stereocenters. The number of ether oxygens (including phenoxy) is 1. The standard InChI is InChI=1S/C34H35FN6O2S/c1-22(35)34(42)41-16-15-40(20-24(41)12-13-36)32-28-11-10-23(26-7-3-9-31-27(26)8-5-17-44-31)18-30(28)38-33(29(32)19-37)43-21-25-6-4-14-39(25)2/h3,7,9-11,18,24-25H,1,4-6,8,12,14-17,20-21H2,2H3/t24-,25-/m0/s1. The van der Waals surface area contributed by atoms with Gasteiger partial charge in [0.1, 0.15) is 18.2 Å². The molecule has 4 heterocycles. The second kappa shape index (κ2) is 12.9. The summed E-state index contributed by atoms with van der Waals surface area (Å²) in [7, 11) is 2.08. The van der Waals surface area contributed by atoms with Crippen molar-refractivity contribution in [3.05, 3.63) is 59.9 Å². The van der Waals surface area contributed by atoms with Crippen LogP contribution in [0.25, 0.3) is 22.0 Å². The molecule has 0 radical (unpaired) electrons. The monoisotopic (exact) mass is 610 g/mol. The molecule has 1 amide bonds. The number of hydrogen-bond acceptors (Lipinski definition) is 8. The molecular formula is C34H35FN6O2S. The molecule has 1 aromatic heterocycles.